The van der Waals surface area contributed by atoms with E-state index in [0.717, 1.165) is 5.56 Å². The van der Waals surface area contributed by atoms with Crippen molar-refractivity contribution in [3.63, 3.8) is 0 Å². The minimum Gasteiger partial charge on any atom is -0.338 e. The molecule has 146 valence electrons. The number of aromatic amines is 1. The Labute approximate surface area is 168 Å². The molecule has 2 aromatic carbocycles. The van der Waals surface area contributed by atoms with E-state index in [0.29, 0.717) is 22.7 Å². The minimum atomic E-state index is -0.625. The molecule has 4 rings (SSSR count). The monoisotopic (exact) mass is 411 g/mol. The minimum absolute atomic E-state index is 0.0261. The summed E-state index contributed by atoms with van der Waals surface area (Å²) in [6.45, 7) is 0.374. The van der Waals surface area contributed by atoms with E-state index in [9.17, 15) is 9.59 Å². The highest BCUT2D eigenvalue weighted by Crippen LogP contribution is 2.32. The lowest BCUT2D eigenvalue weighted by atomic mass is 10.0. The van der Waals surface area contributed by atoms with Crippen LogP contribution in [0.25, 0.3) is 22.5 Å². The van der Waals surface area contributed by atoms with Gasteiger partial charge in [0.1, 0.15) is 5.69 Å². The fourth-order valence-corrected chi connectivity index (χ4v) is 2.97. The highest BCUT2D eigenvalue weighted by Gasteiger charge is 2.24. The molecular weight excluding hydrogens is 398 g/mol. The summed E-state index contributed by atoms with van der Waals surface area (Å²) in [7, 11) is 0. The van der Waals surface area contributed by atoms with E-state index in [2.05, 4.69) is 20.8 Å². The van der Waals surface area contributed by atoms with Crippen LogP contribution in [0.1, 0.15) is 15.9 Å². The summed E-state index contributed by atoms with van der Waals surface area (Å²) in [4.78, 5) is 24.8. The van der Waals surface area contributed by atoms with Gasteiger partial charge in [-0.3, -0.25) is 4.79 Å². The molecular formula is C19H14ClN5O4. The van der Waals surface area contributed by atoms with Gasteiger partial charge in [0.05, 0.1) is 5.56 Å². The number of H-pyrrole nitrogens is 1. The smallest absolute Gasteiger partial charge is 0.338 e. The second kappa shape index (κ2) is 7.74. The fraction of sp³-hybridized carbons (Fsp3) is 0.0526. The molecule has 0 spiro atoms. The van der Waals surface area contributed by atoms with Gasteiger partial charge in [-0.1, -0.05) is 35.9 Å². The van der Waals surface area contributed by atoms with Crippen molar-refractivity contribution in [1.29, 1.82) is 0 Å². The highest BCUT2D eigenvalue weighted by molar-refractivity contribution is 6.30. The lowest BCUT2D eigenvalue weighted by Crippen LogP contribution is -2.13. The molecule has 9 nitrogen and oxygen atoms in total. The third-order valence-electron chi connectivity index (χ3n) is 4.22. The molecule has 0 bridgehead atoms. The van der Waals surface area contributed by atoms with Gasteiger partial charge < -0.3 is 15.6 Å². The molecule has 0 aliphatic heterocycles. The predicted octanol–water partition coefficient (Wildman–Crippen LogP) is 3.05. The summed E-state index contributed by atoms with van der Waals surface area (Å²) in [6.07, 6.45) is 0. The van der Waals surface area contributed by atoms with Crippen LogP contribution < -0.4 is 16.7 Å². The first kappa shape index (κ1) is 18.7. The van der Waals surface area contributed by atoms with Crippen LogP contribution >= 0.6 is 11.6 Å². The summed E-state index contributed by atoms with van der Waals surface area (Å²) >= 11 is 6.03. The van der Waals surface area contributed by atoms with Gasteiger partial charge in [-0.05, 0) is 45.7 Å². The largest absolute Gasteiger partial charge is 0.365 e. The number of benzene rings is 2. The molecule has 0 aliphatic rings. The Kier molecular flexibility index (Phi) is 4.98. The lowest BCUT2D eigenvalue weighted by molar-refractivity contribution is 0.102. The van der Waals surface area contributed by atoms with Crippen LogP contribution in [0.2, 0.25) is 5.02 Å². The van der Waals surface area contributed by atoms with Gasteiger partial charge in [-0.2, -0.15) is 0 Å². The van der Waals surface area contributed by atoms with Gasteiger partial charge in [0.2, 0.25) is 5.82 Å². The molecule has 0 atom stereocenters. The predicted molar refractivity (Wildman–Crippen MR) is 105 cm³/mol. The zero-order chi connectivity index (χ0) is 20.4. The lowest BCUT2D eigenvalue weighted by Gasteiger charge is -2.04. The zero-order valence-corrected chi connectivity index (χ0v) is 15.6. The van der Waals surface area contributed by atoms with Crippen LogP contribution in [0.15, 0.2) is 62.5 Å². The van der Waals surface area contributed by atoms with Gasteiger partial charge in [0.25, 0.3) is 5.91 Å². The number of halogens is 1. The molecule has 1 amide bonds. The average molecular weight is 412 g/mol. The second-order valence-electron chi connectivity index (χ2n) is 6.07. The van der Waals surface area contributed by atoms with Crippen molar-refractivity contribution in [2.75, 3.05) is 5.32 Å². The second-order valence-corrected chi connectivity index (χ2v) is 6.50. The number of anilines is 1. The van der Waals surface area contributed by atoms with Gasteiger partial charge in [-0.15, -0.1) is 0 Å². The van der Waals surface area contributed by atoms with E-state index in [-0.39, 0.29) is 22.8 Å². The molecule has 0 saturated heterocycles. The molecule has 0 saturated carbocycles. The SMILES string of the molecule is NCc1ccc(C(=O)Nc2nonc2-c2[nH]oc(=O)c2-c2cccc(Cl)c2)cc1. The normalized spacial score (nSPS) is 10.8. The summed E-state index contributed by atoms with van der Waals surface area (Å²) in [5.74, 6) is -0.404. The van der Waals surface area contributed by atoms with E-state index >= 15 is 0 Å². The first-order valence-electron chi connectivity index (χ1n) is 8.47. The first-order chi connectivity index (χ1) is 14.1. The Hall–Kier alpha value is -3.69. The van der Waals surface area contributed by atoms with Crippen molar-refractivity contribution in [3.8, 4) is 22.5 Å². The maximum absolute atomic E-state index is 12.5. The molecule has 29 heavy (non-hydrogen) atoms. The molecule has 10 heteroatoms. The number of rotatable bonds is 5. The maximum atomic E-state index is 12.5. The fourth-order valence-electron chi connectivity index (χ4n) is 2.78. The van der Waals surface area contributed by atoms with E-state index in [1.807, 2.05) is 0 Å². The van der Waals surface area contributed by atoms with Crippen molar-refractivity contribution < 1.29 is 13.9 Å². The third kappa shape index (κ3) is 3.68. The molecule has 0 aliphatic carbocycles. The van der Waals surface area contributed by atoms with Crippen LogP contribution in [0.4, 0.5) is 5.82 Å². The molecule has 4 aromatic rings. The Morgan fingerprint density at radius 3 is 2.69 bits per heavy atom. The molecule has 4 N–H and O–H groups in total. The first-order valence-corrected chi connectivity index (χ1v) is 8.85. The Balaban J connectivity index is 1.68. The number of amides is 1. The quantitative estimate of drug-likeness (QED) is 0.458. The number of carbonyl (C=O) groups excluding carboxylic acids is 1. The van der Waals surface area contributed by atoms with E-state index < -0.39 is 11.5 Å². The number of hydrogen-bond acceptors (Lipinski definition) is 7. The number of carbonyl (C=O) groups is 1. The maximum Gasteiger partial charge on any atom is 0.365 e. The Morgan fingerprint density at radius 2 is 1.97 bits per heavy atom. The Bertz CT molecular complexity index is 1230. The Morgan fingerprint density at radius 1 is 1.17 bits per heavy atom. The summed E-state index contributed by atoms with van der Waals surface area (Å²) in [5.41, 5.74) is 7.24. The summed E-state index contributed by atoms with van der Waals surface area (Å²) in [6, 6.07) is 13.5. The van der Waals surface area contributed by atoms with Crippen molar-refractivity contribution >= 4 is 23.3 Å². The molecule has 2 heterocycles. The number of nitrogens with two attached hydrogens (primary N) is 1. The van der Waals surface area contributed by atoms with Crippen LogP contribution in [0.3, 0.4) is 0 Å². The van der Waals surface area contributed by atoms with Crippen molar-refractivity contribution in [2.45, 2.75) is 6.54 Å². The summed E-state index contributed by atoms with van der Waals surface area (Å²) in [5, 5.41) is 13.1. The highest BCUT2D eigenvalue weighted by atomic mass is 35.5. The third-order valence-corrected chi connectivity index (χ3v) is 4.46. The average Bonchev–Trinajstić information content (AvgIpc) is 3.34. The summed E-state index contributed by atoms with van der Waals surface area (Å²) < 4.78 is 9.70. The standard InChI is InChI=1S/C19H14ClN5O4/c20-13-3-1-2-12(8-13)14-15(23-28-19(14)27)16-17(25-29-24-16)22-18(26)11-6-4-10(9-21)5-7-11/h1-8,23H,9,21H2,(H,22,25,26). The molecule has 2 aromatic heterocycles. The number of nitrogens with one attached hydrogen (secondary N) is 2. The van der Waals surface area contributed by atoms with Gasteiger partial charge in [0, 0.05) is 17.1 Å². The van der Waals surface area contributed by atoms with Crippen LogP contribution in [-0.2, 0) is 6.54 Å². The van der Waals surface area contributed by atoms with Gasteiger partial charge in [0.15, 0.2) is 5.69 Å². The molecule has 0 fully saturated rings. The van der Waals surface area contributed by atoms with Crippen LogP contribution in [0.5, 0.6) is 0 Å². The van der Waals surface area contributed by atoms with Crippen LogP contribution in [0, 0.1) is 0 Å². The van der Waals surface area contributed by atoms with Gasteiger partial charge >= 0.3 is 5.63 Å². The van der Waals surface area contributed by atoms with E-state index in [1.54, 1.807) is 48.5 Å². The number of aromatic nitrogens is 3. The van der Waals surface area contributed by atoms with Crippen LogP contribution in [-0.4, -0.2) is 21.4 Å². The van der Waals surface area contributed by atoms with Crippen molar-refractivity contribution in [1.82, 2.24) is 15.5 Å². The topological polar surface area (TPSA) is 140 Å². The van der Waals surface area contributed by atoms with E-state index in [1.165, 1.54) is 0 Å². The van der Waals surface area contributed by atoms with E-state index in [4.69, 9.17) is 26.5 Å². The number of hydrogen-bond donors (Lipinski definition) is 3. The van der Waals surface area contributed by atoms with Crippen molar-refractivity contribution in [2.24, 2.45) is 5.73 Å². The number of nitrogens with zero attached hydrogens (tertiary/aromatic N) is 2. The van der Waals surface area contributed by atoms with Crippen molar-refractivity contribution in [3.05, 3.63) is 75.1 Å². The van der Waals surface area contributed by atoms with Gasteiger partial charge in [-0.25, -0.2) is 14.6 Å². The molecule has 0 unspecified atom stereocenters. The zero-order valence-electron chi connectivity index (χ0n) is 14.8. The molecule has 0 radical (unpaired) electrons.